The van der Waals surface area contributed by atoms with Gasteiger partial charge >= 0.3 is 0 Å². The van der Waals surface area contributed by atoms with E-state index in [4.69, 9.17) is 4.74 Å². The van der Waals surface area contributed by atoms with E-state index in [9.17, 15) is 8.42 Å². The first-order valence-corrected chi connectivity index (χ1v) is 5.02. The Morgan fingerprint density at radius 3 is 2.85 bits per heavy atom. The lowest BCUT2D eigenvalue weighted by Gasteiger charge is -2.00. The van der Waals surface area contributed by atoms with Gasteiger partial charge in [0.25, 0.3) is 0 Å². The van der Waals surface area contributed by atoms with E-state index in [0.717, 1.165) is 5.41 Å². The van der Waals surface area contributed by atoms with Gasteiger partial charge in [-0.3, -0.25) is 0 Å². The third-order valence-corrected chi connectivity index (χ3v) is 2.81. The van der Waals surface area contributed by atoms with E-state index in [-0.39, 0.29) is 10.8 Å². The maximum absolute atomic E-state index is 11.3. The van der Waals surface area contributed by atoms with Crippen molar-refractivity contribution in [3.8, 4) is 5.88 Å². The molecule has 0 spiro atoms. The van der Waals surface area contributed by atoms with Gasteiger partial charge < -0.3 is 4.74 Å². The third kappa shape index (κ3) is 2.06. The van der Waals surface area contributed by atoms with E-state index < -0.39 is 9.84 Å². The molecule has 0 aliphatic rings. The smallest absolute Gasteiger partial charge is 0.214 e. The lowest BCUT2D eigenvalue weighted by atomic mass is 10.5. The summed E-state index contributed by atoms with van der Waals surface area (Å²) in [5.41, 5.74) is 0. The summed E-state index contributed by atoms with van der Waals surface area (Å²) in [5, 5.41) is 0.891. The van der Waals surface area contributed by atoms with Crippen LogP contribution in [0.1, 0.15) is 0 Å². The molecule has 70 valence electrons. The summed E-state index contributed by atoms with van der Waals surface area (Å²) in [7, 11) is -1.96. The molecular weight excluding hydrogens is 190 g/mol. The average Bonchev–Trinajstić information content (AvgIpc) is 2.18. The van der Waals surface area contributed by atoms with Crippen LogP contribution in [0.3, 0.4) is 0 Å². The summed E-state index contributed by atoms with van der Waals surface area (Å²) < 4.78 is 27.3. The third-order valence-electron chi connectivity index (χ3n) is 1.46. The molecule has 13 heavy (non-hydrogen) atoms. The zero-order valence-corrected chi connectivity index (χ0v) is 7.91. The molecule has 4 nitrogen and oxygen atoms in total. The van der Waals surface area contributed by atoms with E-state index in [2.05, 4.69) is 11.6 Å². The van der Waals surface area contributed by atoms with Crippen LogP contribution < -0.4 is 4.74 Å². The van der Waals surface area contributed by atoms with E-state index in [1.54, 1.807) is 0 Å². The summed E-state index contributed by atoms with van der Waals surface area (Å²) in [5.74, 6) is 0.267. The molecule has 1 aromatic heterocycles. The maximum Gasteiger partial charge on any atom is 0.214 e. The van der Waals surface area contributed by atoms with Crippen LogP contribution in [0.4, 0.5) is 0 Å². The van der Waals surface area contributed by atoms with Crippen LogP contribution in [0.25, 0.3) is 0 Å². The second-order valence-electron chi connectivity index (χ2n) is 2.25. The molecule has 5 heteroatoms. The molecule has 0 aliphatic carbocycles. The van der Waals surface area contributed by atoms with Crippen molar-refractivity contribution < 1.29 is 13.2 Å². The molecule has 0 amide bonds. The highest BCUT2D eigenvalue weighted by Crippen LogP contribution is 2.15. The summed E-state index contributed by atoms with van der Waals surface area (Å²) in [6, 6.07) is 2.73. The Balaban J connectivity index is 3.24. The molecule has 1 aromatic rings. The van der Waals surface area contributed by atoms with Gasteiger partial charge in [0.1, 0.15) is 0 Å². The molecule has 1 rings (SSSR count). The van der Waals surface area contributed by atoms with Gasteiger partial charge in [-0.25, -0.2) is 13.4 Å². The van der Waals surface area contributed by atoms with Gasteiger partial charge in [0.2, 0.25) is 5.88 Å². The predicted molar refractivity (Wildman–Crippen MR) is 48.2 cm³/mol. The monoisotopic (exact) mass is 199 g/mol. The van der Waals surface area contributed by atoms with Gasteiger partial charge in [0.15, 0.2) is 9.84 Å². The Morgan fingerprint density at radius 2 is 2.31 bits per heavy atom. The van der Waals surface area contributed by atoms with E-state index >= 15 is 0 Å². The highest BCUT2D eigenvalue weighted by atomic mass is 32.2. The van der Waals surface area contributed by atoms with E-state index in [0.29, 0.717) is 0 Å². The lowest BCUT2D eigenvalue weighted by molar-refractivity contribution is 0.396. The lowest BCUT2D eigenvalue weighted by Crippen LogP contribution is -1.97. The van der Waals surface area contributed by atoms with Crippen LogP contribution in [0.2, 0.25) is 0 Å². The summed E-state index contributed by atoms with van der Waals surface area (Å²) >= 11 is 0. The normalized spacial score (nSPS) is 10.8. The minimum Gasteiger partial charge on any atom is -0.481 e. The number of ether oxygens (including phenoxy) is 1. The fraction of sp³-hybridized carbons (Fsp3) is 0.125. The summed E-state index contributed by atoms with van der Waals surface area (Å²) in [6.07, 6.45) is 1.37. The highest BCUT2D eigenvalue weighted by Gasteiger charge is 2.09. The van der Waals surface area contributed by atoms with Crippen molar-refractivity contribution in [2.24, 2.45) is 0 Å². The number of hydrogen-bond donors (Lipinski definition) is 0. The molecule has 0 aromatic carbocycles. The Kier molecular flexibility index (Phi) is 2.67. The molecule has 0 fully saturated rings. The van der Waals surface area contributed by atoms with Crippen LogP contribution >= 0.6 is 0 Å². The quantitative estimate of drug-likeness (QED) is 0.729. The topological polar surface area (TPSA) is 56.3 Å². The zero-order chi connectivity index (χ0) is 9.90. The minimum absolute atomic E-state index is 0.134. The highest BCUT2D eigenvalue weighted by molar-refractivity contribution is 7.94. The number of hydrogen-bond acceptors (Lipinski definition) is 4. The van der Waals surface area contributed by atoms with Crippen molar-refractivity contribution in [3.05, 3.63) is 30.3 Å². The summed E-state index contributed by atoms with van der Waals surface area (Å²) in [6.45, 7) is 3.22. The number of nitrogens with zero attached hydrogens (tertiary/aromatic N) is 1. The van der Waals surface area contributed by atoms with Crippen molar-refractivity contribution in [1.29, 1.82) is 0 Å². The zero-order valence-electron chi connectivity index (χ0n) is 7.10. The molecular formula is C8H9NO3S. The van der Waals surface area contributed by atoms with Gasteiger partial charge in [-0.1, -0.05) is 6.58 Å². The molecule has 0 saturated carbocycles. The molecule has 0 saturated heterocycles. The number of aromatic nitrogens is 1. The van der Waals surface area contributed by atoms with Crippen molar-refractivity contribution in [2.75, 3.05) is 7.11 Å². The van der Waals surface area contributed by atoms with Crippen LogP contribution in [0.15, 0.2) is 35.2 Å². The van der Waals surface area contributed by atoms with Gasteiger partial charge in [-0.15, -0.1) is 0 Å². The number of sulfone groups is 1. The summed E-state index contributed by atoms with van der Waals surface area (Å²) in [4.78, 5) is 3.92. The second kappa shape index (κ2) is 3.57. The van der Waals surface area contributed by atoms with Gasteiger partial charge in [0, 0.05) is 17.7 Å². The second-order valence-corrected chi connectivity index (χ2v) is 4.14. The Morgan fingerprint density at radius 1 is 1.62 bits per heavy atom. The first-order valence-electron chi connectivity index (χ1n) is 3.47. The largest absolute Gasteiger partial charge is 0.481 e. The first-order chi connectivity index (χ1) is 6.10. The van der Waals surface area contributed by atoms with E-state index in [1.807, 2.05) is 0 Å². The molecule has 0 atom stereocenters. The first kappa shape index (κ1) is 9.73. The standard InChI is InChI=1S/C8H9NO3S/c1-3-13(10,11)7-4-5-9-8(6-7)12-2/h3-6H,1H2,2H3. The van der Waals surface area contributed by atoms with Gasteiger partial charge in [-0.2, -0.15) is 0 Å². The SMILES string of the molecule is C=CS(=O)(=O)c1ccnc(OC)c1. The average molecular weight is 199 g/mol. The Labute approximate surface area is 76.8 Å². The number of rotatable bonds is 3. The maximum atomic E-state index is 11.3. The van der Waals surface area contributed by atoms with Gasteiger partial charge in [-0.05, 0) is 6.07 Å². The minimum atomic E-state index is -3.39. The Bertz CT molecular complexity index is 411. The van der Waals surface area contributed by atoms with Gasteiger partial charge in [0.05, 0.1) is 12.0 Å². The Hall–Kier alpha value is -1.36. The van der Waals surface area contributed by atoms with Crippen molar-refractivity contribution in [3.63, 3.8) is 0 Å². The molecule has 0 unspecified atom stereocenters. The molecule has 0 N–H and O–H groups in total. The van der Waals surface area contributed by atoms with Crippen LogP contribution in [0.5, 0.6) is 5.88 Å². The van der Waals surface area contributed by atoms with Crippen molar-refractivity contribution >= 4 is 9.84 Å². The van der Waals surface area contributed by atoms with Crippen LogP contribution in [-0.4, -0.2) is 20.5 Å². The molecule has 0 aliphatic heterocycles. The van der Waals surface area contributed by atoms with Crippen LogP contribution in [0, 0.1) is 0 Å². The number of pyridine rings is 1. The molecule has 0 radical (unpaired) electrons. The van der Waals surface area contributed by atoms with Crippen LogP contribution in [-0.2, 0) is 9.84 Å². The fourth-order valence-electron chi connectivity index (χ4n) is 0.776. The molecule has 0 bridgehead atoms. The predicted octanol–water partition coefficient (Wildman–Crippen LogP) is 1.01. The van der Waals surface area contributed by atoms with Crippen molar-refractivity contribution in [1.82, 2.24) is 4.98 Å². The number of methoxy groups -OCH3 is 1. The molecule has 1 heterocycles. The fourth-order valence-corrected chi connectivity index (χ4v) is 1.48. The van der Waals surface area contributed by atoms with E-state index in [1.165, 1.54) is 25.4 Å². The van der Waals surface area contributed by atoms with Crippen molar-refractivity contribution in [2.45, 2.75) is 4.90 Å².